The van der Waals surface area contributed by atoms with Crippen LogP contribution < -0.4 is 11.1 Å². The molecular formula is C9H19ClN2OS. The molecule has 0 spiro atoms. The number of nitrogens with one attached hydrogen (secondary N) is 1. The van der Waals surface area contributed by atoms with Crippen LogP contribution in [-0.2, 0) is 4.79 Å². The smallest absolute Gasteiger partial charge is 0.230 e. The highest BCUT2D eigenvalue weighted by molar-refractivity contribution is 7.99. The van der Waals surface area contributed by atoms with E-state index in [1.165, 1.54) is 0 Å². The lowest BCUT2D eigenvalue weighted by molar-refractivity contribution is -0.119. The second-order valence-corrected chi connectivity index (χ2v) is 4.48. The minimum absolute atomic E-state index is 0. The first kappa shape index (κ1) is 14.1. The van der Waals surface area contributed by atoms with Gasteiger partial charge in [0.05, 0.1) is 5.75 Å². The predicted molar refractivity (Wildman–Crippen MR) is 64.0 cm³/mol. The summed E-state index contributed by atoms with van der Waals surface area (Å²) in [6, 6.07) is 0.730. The van der Waals surface area contributed by atoms with Gasteiger partial charge in [-0.05, 0) is 31.9 Å². The number of nitrogens with two attached hydrogens (primary N) is 1. The van der Waals surface area contributed by atoms with Crippen molar-refractivity contribution in [1.29, 1.82) is 0 Å². The topological polar surface area (TPSA) is 55.1 Å². The van der Waals surface area contributed by atoms with E-state index in [-0.39, 0.29) is 18.3 Å². The van der Waals surface area contributed by atoms with Gasteiger partial charge in [0.1, 0.15) is 0 Å². The third-order valence-corrected chi connectivity index (χ3v) is 2.96. The van der Waals surface area contributed by atoms with Crippen molar-refractivity contribution >= 4 is 30.1 Å². The van der Waals surface area contributed by atoms with Crippen LogP contribution >= 0.6 is 24.2 Å². The molecule has 0 atom stereocenters. The highest BCUT2D eigenvalue weighted by Gasteiger charge is 2.19. The van der Waals surface area contributed by atoms with Crippen LogP contribution in [0.4, 0.5) is 0 Å². The number of carbonyl (C=O) groups excluding carboxylic acids is 1. The van der Waals surface area contributed by atoms with Gasteiger partial charge in [-0.2, -0.15) is 11.8 Å². The van der Waals surface area contributed by atoms with Crippen LogP contribution in [0.2, 0.25) is 0 Å². The number of halogens is 1. The molecule has 1 saturated carbocycles. The zero-order valence-electron chi connectivity index (χ0n) is 8.49. The molecule has 84 valence electrons. The molecule has 0 unspecified atom stereocenters. The molecule has 3 nitrogen and oxygen atoms in total. The maximum atomic E-state index is 11.2. The van der Waals surface area contributed by atoms with Crippen molar-refractivity contribution in [3.63, 3.8) is 0 Å². The fourth-order valence-corrected chi connectivity index (χ4v) is 2.01. The van der Waals surface area contributed by atoms with Crippen molar-refractivity contribution in [2.45, 2.75) is 37.8 Å². The Morgan fingerprint density at radius 1 is 1.43 bits per heavy atom. The van der Waals surface area contributed by atoms with Gasteiger partial charge in [0, 0.05) is 12.1 Å². The van der Waals surface area contributed by atoms with E-state index in [0.717, 1.165) is 25.7 Å². The molecule has 0 aliphatic heterocycles. The first-order chi connectivity index (χ1) is 6.22. The molecular weight excluding hydrogens is 220 g/mol. The molecule has 0 saturated heterocycles. The van der Waals surface area contributed by atoms with Crippen molar-refractivity contribution in [3.05, 3.63) is 0 Å². The van der Waals surface area contributed by atoms with Crippen LogP contribution in [0.15, 0.2) is 0 Å². The highest BCUT2D eigenvalue weighted by atomic mass is 35.5. The first-order valence-corrected chi connectivity index (χ1v) is 6.15. The zero-order valence-corrected chi connectivity index (χ0v) is 10.1. The maximum Gasteiger partial charge on any atom is 0.230 e. The van der Waals surface area contributed by atoms with Crippen molar-refractivity contribution in [2.24, 2.45) is 5.73 Å². The maximum absolute atomic E-state index is 11.2. The summed E-state index contributed by atoms with van der Waals surface area (Å²) in [6.07, 6.45) is 6.12. The summed E-state index contributed by atoms with van der Waals surface area (Å²) in [5.41, 5.74) is 5.77. The van der Waals surface area contributed by atoms with Crippen LogP contribution in [-0.4, -0.2) is 30.0 Å². The molecule has 1 amide bonds. The molecule has 0 heterocycles. The minimum Gasteiger partial charge on any atom is -0.353 e. The Morgan fingerprint density at radius 3 is 2.50 bits per heavy atom. The van der Waals surface area contributed by atoms with Crippen LogP contribution in [0.25, 0.3) is 0 Å². The van der Waals surface area contributed by atoms with E-state index < -0.39 is 0 Å². The highest BCUT2D eigenvalue weighted by Crippen LogP contribution is 2.16. The first-order valence-electron chi connectivity index (χ1n) is 4.76. The minimum atomic E-state index is 0. The van der Waals surface area contributed by atoms with E-state index in [9.17, 15) is 4.79 Å². The Balaban J connectivity index is 0.00000169. The van der Waals surface area contributed by atoms with E-state index in [1.807, 2.05) is 6.26 Å². The van der Waals surface area contributed by atoms with Crippen LogP contribution in [0.5, 0.6) is 0 Å². The van der Waals surface area contributed by atoms with Gasteiger partial charge in [0.25, 0.3) is 0 Å². The van der Waals surface area contributed by atoms with Crippen molar-refractivity contribution in [2.75, 3.05) is 12.0 Å². The Morgan fingerprint density at radius 2 is 2.00 bits per heavy atom. The fourth-order valence-electron chi connectivity index (χ4n) is 1.66. The zero-order chi connectivity index (χ0) is 9.68. The number of rotatable bonds is 3. The van der Waals surface area contributed by atoms with Crippen molar-refractivity contribution < 1.29 is 4.79 Å². The van der Waals surface area contributed by atoms with Crippen LogP contribution in [0.3, 0.4) is 0 Å². The summed E-state index contributed by atoms with van der Waals surface area (Å²) in [5, 5.41) is 3.02. The molecule has 0 aromatic carbocycles. The number of hydrogen-bond acceptors (Lipinski definition) is 3. The number of hydrogen-bond donors (Lipinski definition) is 2. The van der Waals surface area contributed by atoms with E-state index >= 15 is 0 Å². The summed E-state index contributed by atoms with van der Waals surface area (Å²) < 4.78 is 0. The summed E-state index contributed by atoms with van der Waals surface area (Å²) in [7, 11) is 0. The van der Waals surface area contributed by atoms with Crippen molar-refractivity contribution in [3.8, 4) is 0 Å². The molecule has 1 rings (SSSR count). The molecule has 0 bridgehead atoms. The monoisotopic (exact) mass is 238 g/mol. The molecule has 1 aliphatic carbocycles. The van der Waals surface area contributed by atoms with Gasteiger partial charge in [-0.3, -0.25) is 4.79 Å². The number of carbonyl (C=O) groups is 1. The Labute approximate surface area is 96.0 Å². The molecule has 5 heteroatoms. The molecule has 1 fully saturated rings. The molecule has 0 aromatic rings. The lowest BCUT2D eigenvalue weighted by Gasteiger charge is -2.26. The quantitative estimate of drug-likeness (QED) is 0.776. The standard InChI is InChI=1S/C9H18N2OS.ClH/c1-13-6-9(12)11-8-4-2-7(10)3-5-8;/h7-8H,2-6,10H2,1H3,(H,11,12);1H. The van der Waals surface area contributed by atoms with Gasteiger partial charge in [-0.15, -0.1) is 12.4 Å². The van der Waals surface area contributed by atoms with E-state index in [0.29, 0.717) is 17.8 Å². The third kappa shape index (κ3) is 5.08. The van der Waals surface area contributed by atoms with Crippen molar-refractivity contribution in [1.82, 2.24) is 5.32 Å². The molecule has 0 radical (unpaired) electrons. The Bertz CT molecular complexity index is 172. The molecule has 14 heavy (non-hydrogen) atoms. The summed E-state index contributed by atoms with van der Waals surface area (Å²) in [5.74, 6) is 0.732. The molecule has 3 N–H and O–H groups in total. The van der Waals surface area contributed by atoms with Gasteiger partial charge in [0.15, 0.2) is 0 Å². The molecule has 0 aromatic heterocycles. The van der Waals surface area contributed by atoms with E-state index in [4.69, 9.17) is 5.73 Å². The van der Waals surface area contributed by atoms with Crippen LogP contribution in [0.1, 0.15) is 25.7 Å². The third-order valence-electron chi connectivity index (χ3n) is 2.41. The van der Waals surface area contributed by atoms with Gasteiger partial charge >= 0.3 is 0 Å². The largest absolute Gasteiger partial charge is 0.353 e. The van der Waals surface area contributed by atoms with E-state index in [2.05, 4.69) is 5.32 Å². The normalized spacial score (nSPS) is 26.4. The van der Waals surface area contributed by atoms with Crippen LogP contribution in [0, 0.1) is 0 Å². The van der Waals surface area contributed by atoms with Gasteiger partial charge in [0.2, 0.25) is 5.91 Å². The lowest BCUT2D eigenvalue weighted by atomic mass is 9.92. The molecule has 1 aliphatic rings. The average molecular weight is 239 g/mol. The van der Waals surface area contributed by atoms with Gasteiger partial charge < -0.3 is 11.1 Å². The fraction of sp³-hybridized carbons (Fsp3) is 0.889. The number of amides is 1. The van der Waals surface area contributed by atoms with Gasteiger partial charge in [-0.1, -0.05) is 0 Å². The van der Waals surface area contributed by atoms with E-state index in [1.54, 1.807) is 11.8 Å². The Kier molecular flexibility index (Phi) is 7.41. The summed E-state index contributed by atoms with van der Waals surface area (Å²) >= 11 is 1.56. The summed E-state index contributed by atoms with van der Waals surface area (Å²) in [6.45, 7) is 0. The second kappa shape index (κ2) is 7.37. The Hall–Kier alpha value is 0.0700. The second-order valence-electron chi connectivity index (χ2n) is 3.61. The van der Waals surface area contributed by atoms with Gasteiger partial charge in [-0.25, -0.2) is 0 Å². The average Bonchev–Trinajstić information content (AvgIpc) is 2.09. The number of thioether (sulfide) groups is 1. The SMILES string of the molecule is CSCC(=O)NC1CCC(N)CC1.Cl. The summed E-state index contributed by atoms with van der Waals surface area (Å²) in [4.78, 5) is 11.2. The predicted octanol–water partition coefficient (Wildman–Crippen LogP) is 1.16. The lowest BCUT2D eigenvalue weighted by Crippen LogP contribution is -2.41.